The van der Waals surface area contributed by atoms with Crippen LogP contribution in [0.4, 0.5) is 5.69 Å². The van der Waals surface area contributed by atoms with Crippen LogP contribution in [0.5, 0.6) is 0 Å². The van der Waals surface area contributed by atoms with E-state index in [0.29, 0.717) is 6.04 Å². The number of rotatable bonds is 7. The van der Waals surface area contributed by atoms with Crippen LogP contribution in [-0.4, -0.2) is 32.8 Å². The Bertz CT molecular complexity index is 251. The molecule has 1 atom stereocenters. The normalized spacial score (nSPS) is 12.4. The maximum Gasteiger partial charge on any atom is 0.0587 e. The van der Waals surface area contributed by atoms with Crippen molar-refractivity contribution in [2.45, 2.75) is 13.0 Å². The average Bonchev–Trinajstić information content (AvgIpc) is 2.28. The molecule has 2 N–H and O–H groups in total. The van der Waals surface area contributed by atoms with E-state index < -0.39 is 0 Å². The zero-order chi connectivity index (χ0) is 10.9. The van der Waals surface area contributed by atoms with Gasteiger partial charge in [-0.3, -0.25) is 0 Å². The summed E-state index contributed by atoms with van der Waals surface area (Å²) < 4.78 is 4.97. The number of anilines is 1. The van der Waals surface area contributed by atoms with E-state index in [4.69, 9.17) is 4.74 Å². The molecular weight excluding hydrogens is 188 g/mol. The Morgan fingerprint density at radius 3 is 2.67 bits per heavy atom. The summed E-state index contributed by atoms with van der Waals surface area (Å²) in [5, 5.41) is 6.73. The van der Waals surface area contributed by atoms with Crippen molar-refractivity contribution in [1.82, 2.24) is 5.32 Å². The number of benzene rings is 1. The quantitative estimate of drug-likeness (QED) is 0.669. The summed E-state index contributed by atoms with van der Waals surface area (Å²) in [4.78, 5) is 0. The average molecular weight is 208 g/mol. The summed E-state index contributed by atoms with van der Waals surface area (Å²) in [5.74, 6) is 0. The van der Waals surface area contributed by atoms with Crippen LogP contribution in [0.2, 0.25) is 0 Å². The highest BCUT2D eigenvalue weighted by atomic mass is 16.5. The van der Waals surface area contributed by atoms with Crippen molar-refractivity contribution in [3.8, 4) is 0 Å². The smallest absolute Gasteiger partial charge is 0.0587 e. The Kier molecular flexibility index (Phi) is 5.81. The van der Waals surface area contributed by atoms with Gasteiger partial charge >= 0.3 is 0 Å². The topological polar surface area (TPSA) is 33.3 Å². The van der Waals surface area contributed by atoms with Crippen molar-refractivity contribution in [3.63, 3.8) is 0 Å². The second kappa shape index (κ2) is 7.26. The molecule has 1 aromatic carbocycles. The zero-order valence-corrected chi connectivity index (χ0v) is 9.49. The van der Waals surface area contributed by atoms with E-state index >= 15 is 0 Å². The predicted octanol–water partition coefficient (Wildman–Crippen LogP) is 1.72. The maximum absolute atomic E-state index is 4.97. The predicted molar refractivity (Wildman–Crippen MR) is 64.3 cm³/mol. The molecule has 0 bridgehead atoms. The zero-order valence-electron chi connectivity index (χ0n) is 9.49. The van der Waals surface area contributed by atoms with Crippen molar-refractivity contribution in [2.24, 2.45) is 0 Å². The number of nitrogens with one attached hydrogen (secondary N) is 2. The highest BCUT2D eigenvalue weighted by molar-refractivity contribution is 5.42. The van der Waals surface area contributed by atoms with E-state index in [9.17, 15) is 0 Å². The molecule has 0 heterocycles. The van der Waals surface area contributed by atoms with Crippen molar-refractivity contribution in [2.75, 3.05) is 32.1 Å². The van der Waals surface area contributed by atoms with E-state index in [0.717, 1.165) is 25.4 Å². The first-order valence-electron chi connectivity index (χ1n) is 5.34. The minimum Gasteiger partial charge on any atom is -0.383 e. The third-order valence-corrected chi connectivity index (χ3v) is 2.19. The number of ether oxygens (including phenoxy) is 1. The molecule has 0 spiro atoms. The third kappa shape index (κ3) is 5.40. The van der Waals surface area contributed by atoms with Gasteiger partial charge in [-0.2, -0.15) is 0 Å². The van der Waals surface area contributed by atoms with Gasteiger partial charge in [0, 0.05) is 31.9 Å². The van der Waals surface area contributed by atoms with Crippen LogP contribution in [0, 0.1) is 0 Å². The van der Waals surface area contributed by atoms with Crippen LogP contribution < -0.4 is 10.6 Å². The number of hydrogen-bond donors (Lipinski definition) is 2. The molecule has 0 saturated heterocycles. The molecule has 3 nitrogen and oxygen atoms in total. The third-order valence-electron chi connectivity index (χ3n) is 2.19. The lowest BCUT2D eigenvalue weighted by Gasteiger charge is -2.15. The van der Waals surface area contributed by atoms with E-state index in [1.807, 2.05) is 18.2 Å². The second-order valence-corrected chi connectivity index (χ2v) is 3.59. The Morgan fingerprint density at radius 2 is 2.00 bits per heavy atom. The molecule has 0 fully saturated rings. The SMILES string of the molecule is COCCNC(C)CNc1ccccc1. The lowest BCUT2D eigenvalue weighted by atomic mass is 10.3. The molecule has 0 aliphatic heterocycles. The van der Waals surface area contributed by atoms with Crippen LogP contribution >= 0.6 is 0 Å². The van der Waals surface area contributed by atoms with Gasteiger partial charge in [0.15, 0.2) is 0 Å². The monoisotopic (exact) mass is 208 g/mol. The molecular formula is C12H20N2O. The summed E-state index contributed by atoms with van der Waals surface area (Å²) in [7, 11) is 1.72. The van der Waals surface area contributed by atoms with Crippen LogP contribution in [0.3, 0.4) is 0 Å². The van der Waals surface area contributed by atoms with Crippen molar-refractivity contribution in [1.29, 1.82) is 0 Å². The largest absolute Gasteiger partial charge is 0.383 e. The lowest BCUT2D eigenvalue weighted by molar-refractivity contribution is 0.197. The summed E-state index contributed by atoms with van der Waals surface area (Å²) in [6, 6.07) is 10.7. The van der Waals surface area contributed by atoms with E-state index in [2.05, 4.69) is 29.7 Å². The van der Waals surface area contributed by atoms with Crippen LogP contribution in [0.15, 0.2) is 30.3 Å². The molecule has 1 unspecified atom stereocenters. The Balaban J connectivity index is 2.14. The molecule has 1 aromatic rings. The van der Waals surface area contributed by atoms with Crippen molar-refractivity contribution in [3.05, 3.63) is 30.3 Å². The van der Waals surface area contributed by atoms with Crippen LogP contribution in [-0.2, 0) is 4.74 Å². The first kappa shape index (κ1) is 12.0. The summed E-state index contributed by atoms with van der Waals surface area (Å²) in [6.45, 7) is 4.74. The molecule has 0 aliphatic rings. The maximum atomic E-state index is 4.97. The van der Waals surface area contributed by atoms with Gasteiger partial charge in [0.2, 0.25) is 0 Å². The fourth-order valence-electron chi connectivity index (χ4n) is 1.31. The molecule has 84 valence electrons. The minimum absolute atomic E-state index is 0.445. The molecule has 0 amide bonds. The summed E-state index contributed by atoms with van der Waals surface area (Å²) in [5.41, 5.74) is 1.16. The molecule has 15 heavy (non-hydrogen) atoms. The van der Waals surface area contributed by atoms with Gasteiger partial charge in [0.1, 0.15) is 0 Å². The summed E-state index contributed by atoms with van der Waals surface area (Å²) in [6.07, 6.45) is 0. The molecule has 0 radical (unpaired) electrons. The summed E-state index contributed by atoms with van der Waals surface area (Å²) >= 11 is 0. The standard InChI is InChI=1S/C12H20N2O/c1-11(13-8-9-15-2)10-14-12-6-4-3-5-7-12/h3-7,11,13-14H,8-10H2,1-2H3. The fourth-order valence-corrected chi connectivity index (χ4v) is 1.31. The second-order valence-electron chi connectivity index (χ2n) is 3.59. The molecule has 0 aliphatic carbocycles. The fraction of sp³-hybridized carbons (Fsp3) is 0.500. The number of methoxy groups -OCH3 is 1. The molecule has 0 saturated carbocycles. The minimum atomic E-state index is 0.445. The van der Waals surface area contributed by atoms with E-state index in [-0.39, 0.29) is 0 Å². The van der Waals surface area contributed by atoms with Gasteiger partial charge in [-0.05, 0) is 19.1 Å². The molecule has 3 heteroatoms. The number of para-hydroxylation sites is 1. The Morgan fingerprint density at radius 1 is 1.27 bits per heavy atom. The first-order chi connectivity index (χ1) is 7.33. The van der Waals surface area contributed by atoms with Gasteiger partial charge < -0.3 is 15.4 Å². The Labute approximate surface area is 91.8 Å². The lowest BCUT2D eigenvalue weighted by Crippen LogP contribution is -2.34. The highest BCUT2D eigenvalue weighted by Gasteiger charge is 1.99. The highest BCUT2D eigenvalue weighted by Crippen LogP contribution is 2.04. The van der Waals surface area contributed by atoms with Gasteiger partial charge in [0.25, 0.3) is 0 Å². The Hall–Kier alpha value is -1.06. The molecule has 1 rings (SSSR count). The van der Waals surface area contributed by atoms with E-state index in [1.165, 1.54) is 0 Å². The first-order valence-corrected chi connectivity index (χ1v) is 5.34. The van der Waals surface area contributed by atoms with Crippen molar-refractivity contribution >= 4 is 5.69 Å². The van der Waals surface area contributed by atoms with Gasteiger partial charge in [-0.15, -0.1) is 0 Å². The van der Waals surface area contributed by atoms with Gasteiger partial charge in [-0.25, -0.2) is 0 Å². The van der Waals surface area contributed by atoms with Crippen LogP contribution in [0.25, 0.3) is 0 Å². The molecule has 0 aromatic heterocycles. The van der Waals surface area contributed by atoms with Crippen LogP contribution in [0.1, 0.15) is 6.92 Å². The number of hydrogen-bond acceptors (Lipinski definition) is 3. The van der Waals surface area contributed by atoms with Gasteiger partial charge in [0.05, 0.1) is 6.61 Å². The van der Waals surface area contributed by atoms with E-state index in [1.54, 1.807) is 7.11 Å². The van der Waals surface area contributed by atoms with Gasteiger partial charge in [-0.1, -0.05) is 18.2 Å². The van der Waals surface area contributed by atoms with Crippen molar-refractivity contribution < 1.29 is 4.74 Å².